The van der Waals surface area contributed by atoms with E-state index in [1.165, 1.54) is 0 Å². The predicted molar refractivity (Wildman–Crippen MR) is 106 cm³/mol. The molecule has 8 nitrogen and oxygen atoms in total. The summed E-state index contributed by atoms with van der Waals surface area (Å²) in [4.78, 5) is 12.8. The third kappa shape index (κ3) is 3.91. The minimum absolute atomic E-state index is 0.245. The number of nitrogens with one attached hydrogen (secondary N) is 2. The number of benzene rings is 1. The molecule has 8 heteroatoms. The Morgan fingerprint density at radius 2 is 2.00 bits per heavy atom. The third-order valence-electron chi connectivity index (χ3n) is 4.52. The number of H-pyrrole nitrogens is 1. The van der Waals surface area contributed by atoms with Gasteiger partial charge in [-0.25, -0.2) is 0 Å². The van der Waals surface area contributed by atoms with Gasteiger partial charge < -0.3 is 14.8 Å². The molecule has 0 aliphatic carbocycles. The molecule has 2 heterocycles. The van der Waals surface area contributed by atoms with Crippen molar-refractivity contribution in [3.05, 3.63) is 47.4 Å². The molecular formula is C20H25N5O3. The summed E-state index contributed by atoms with van der Waals surface area (Å²) in [5, 5.41) is 14.5. The Kier molecular flexibility index (Phi) is 6.10. The van der Waals surface area contributed by atoms with Crippen LogP contribution in [0.15, 0.2) is 30.5 Å². The van der Waals surface area contributed by atoms with E-state index in [1.807, 2.05) is 35.9 Å². The van der Waals surface area contributed by atoms with Crippen LogP contribution in [0.25, 0.3) is 11.1 Å². The van der Waals surface area contributed by atoms with Gasteiger partial charge in [0.1, 0.15) is 5.75 Å². The van der Waals surface area contributed by atoms with Crippen molar-refractivity contribution < 1.29 is 14.3 Å². The van der Waals surface area contributed by atoms with Crippen LogP contribution in [0.3, 0.4) is 0 Å². The second-order valence-electron chi connectivity index (χ2n) is 6.41. The lowest BCUT2D eigenvalue weighted by Crippen LogP contribution is -2.14. The van der Waals surface area contributed by atoms with Crippen molar-refractivity contribution in [2.45, 2.75) is 33.4 Å². The minimum atomic E-state index is -0.245. The van der Waals surface area contributed by atoms with E-state index in [0.717, 1.165) is 41.2 Å². The van der Waals surface area contributed by atoms with Crippen molar-refractivity contribution in [3.8, 4) is 16.9 Å². The normalized spacial score (nSPS) is 10.9. The zero-order valence-electron chi connectivity index (χ0n) is 16.6. The summed E-state index contributed by atoms with van der Waals surface area (Å²) < 4.78 is 12.3. The van der Waals surface area contributed by atoms with E-state index in [0.29, 0.717) is 18.0 Å². The number of aromatic nitrogens is 4. The predicted octanol–water partition coefficient (Wildman–Crippen LogP) is 3.40. The molecule has 1 amide bonds. The molecule has 0 fully saturated rings. The van der Waals surface area contributed by atoms with E-state index in [9.17, 15) is 4.79 Å². The SMILES string of the molecule is CCCn1ncc(C(=O)Nc2n[nH]c(COC)c2-c2ccc(OC)cc2)c1C. The number of aryl methyl sites for hydroxylation is 1. The zero-order valence-corrected chi connectivity index (χ0v) is 16.6. The van der Waals surface area contributed by atoms with E-state index in [1.54, 1.807) is 20.4 Å². The first kappa shape index (κ1) is 19.6. The largest absolute Gasteiger partial charge is 0.497 e. The van der Waals surface area contributed by atoms with Gasteiger partial charge in [0.25, 0.3) is 5.91 Å². The van der Waals surface area contributed by atoms with Crippen molar-refractivity contribution in [1.82, 2.24) is 20.0 Å². The smallest absolute Gasteiger partial charge is 0.260 e. The lowest BCUT2D eigenvalue weighted by atomic mass is 10.1. The van der Waals surface area contributed by atoms with Gasteiger partial charge in [-0.1, -0.05) is 19.1 Å². The van der Waals surface area contributed by atoms with Crippen LogP contribution in [0, 0.1) is 6.92 Å². The fourth-order valence-electron chi connectivity index (χ4n) is 3.07. The Balaban J connectivity index is 1.92. The van der Waals surface area contributed by atoms with Gasteiger partial charge in [0, 0.05) is 24.9 Å². The van der Waals surface area contributed by atoms with Crippen LogP contribution in [0.4, 0.5) is 5.82 Å². The molecule has 0 saturated heterocycles. The molecule has 0 aliphatic rings. The summed E-state index contributed by atoms with van der Waals surface area (Å²) in [5.41, 5.74) is 3.83. The molecule has 28 heavy (non-hydrogen) atoms. The standard InChI is InChI=1S/C20H25N5O3/c1-5-10-25-13(2)16(11-21-25)20(26)22-19-18(17(12-27-3)23-24-19)14-6-8-15(28-4)9-7-14/h6-9,11H,5,10,12H2,1-4H3,(H2,22,23,24,26). The van der Waals surface area contributed by atoms with Gasteiger partial charge in [-0.3, -0.25) is 14.6 Å². The maximum atomic E-state index is 12.8. The Hall–Kier alpha value is -3.13. The number of rotatable bonds is 8. The fraction of sp³-hybridized carbons (Fsp3) is 0.350. The maximum Gasteiger partial charge on any atom is 0.260 e. The Labute approximate surface area is 163 Å². The number of anilines is 1. The monoisotopic (exact) mass is 383 g/mol. The van der Waals surface area contributed by atoms with Gasteiger partial charge in [-0.15, -0.1) is 0 Å². The van der Waals surface area contributed by atoms with Gasteiger partial charge in [0.2, 0.25) is 0 Å². The van der Waals surface area contributed by atoms with Crippen LogP contribution in [-0.2, 0) is 17.9 Å². The topological polar surface area (TPSA) is 94.1 Å². The second kappa shape index (κ2) is 8.71. The summed E-state index contributed by atoms with van der Waals surface area (Å²) in [6.07, 6.45) is 2.54. The molecule has 0 unspecified atom stereocenters. The number of methoxy groups -OCH3 is 2. The first-order valence-electron chi connectivity index (χ1n) is 9.13. The quantitative estimate of drug-likeness (QED) is 0.622. The number of carbonyl (C=O) groups is 1. The van der Waals surface area contributed by atoms with Crippen molar-refractivity contribution >= 4 is 11.7 Å². The van der Waals surface area contributed by atoms with Crippen molar-refractivity contribution in [1.29, 1.82) is 0 Å². The molecule has 3 rings (SSSR count). The summed E-state index contributed by atoms with van der Waals surface area (Å²) >= 11 is 0. The van der Waals surface area contributed by atoms with E-state index < -0.39 is 0 Å². The molecule has 0 bridgehead atoms. The summed E-state index contributed by atoms with van der Waals surface area (Å²) in [5.74, 6) is 0.958. The van der Waals surface area contributed by atoms with Crippen molar-refractivity contribution in [2.75, 3.05) is 19.5 Å². The summed E-state index contributed by atoms with van der Waals surface area (Å²) in [6, 6.07) is 7.57. The molecule has 0 spiro atoms. The summed E-state index contributed by atoms with van der Waals surface area (Å²) in [7, 11) is 3.23. The minimum Gasteiger partial charge on any atom is -0.497 e. The molecule has 2 N–H and O–H groups in total. The molecule has 0 saturated carbocycles. The van der Waals surface area contributed by atoms with Gasteiger partial charge in [-0.05, 0) is 31.0 Å². The number of hydrogen-bond donors (Lipinski definition) is 2. The first-order chi connectivity index (χ1) is 13.6. The molecule has 1 aromatic carbocycles. The highest BCUT2D eigenvalue weighted by molar-refractivity contribution is 6.06. The van der Waals surface area contributed by atoms with Gasteiger partial charge >= 0.3 is 0 Å². The highest BCUT2D eigenvalue weighted by atomic mass is 16.5. The average Bonchev–Trinajstić information content (AvgIpc) is 3.26. The number of hydrogen-bond acceptors (Lipinski definition) is 5. The van der Waals surface area contributed by atoms with E-state index >= 15 is 0 Å². The van der Waals surface area contributed by atoms with Crippen molar-refractivity contribution in [2.24, 2.45) is 0 Å². The maximum absolute atomic E-state index is 12.8. The lowest BCUT2D eigenvalue weighted by molar-refractivity contribution is 0.102. The number of amides is 1. The summed E-state index contributed by atoms with van der Waals surface area (Å²) in [6.45, 7) is 5.08. The zero-order chi connectivity index (χ0) is 20.1. The van der Waals surface area contributed by atoms with Gasteiger partial charge in [0.05, 0.1) is 31.2 Å². The molecule has 0 radical (unpaired) electrons. The lowest BCUT2D eigenvalue weighted by Gasteiger charge is -2.09. The van der Waals surface area contributed by atoms with Crippen LogP contribution in [0.1, 0.15) is 35.1 Å². The van der Waals surface area contributed by atoms with Gasteiger partial charge in [-0.2, -0.15) is 10.2 Å². The average molecular weight is 383 g/mol. The Bertz CT molecular complexity index is 943. The first-order valence-corrected chi connectivity index (χ1v) is 9.13. The number of nitrogens with zero attached hydrogens (tertiary/aromatic N) is 3. The molecule has 0 atom stereocenters. The molecule has 148 valence electrons. The Morgan fingerprint density at radius 1 is 1.25 bits per heavy atom. The van der Waals surface area contributed by atoms with E-state index in [4.69, 9.17) is 9.47 Å². The van der Waals surface area contributed by atoms with Crippen LogP contribution in [-0.4, -0.2) is 40.1 Å². The Morgan fingerprint density at radius 3 is 2.64 bits per heavy atom. The van der Waals surface area contributed by atoms with Crippen LogP contribution in [0.2, 0.25) is 0 Å². The van der Waals surface area contributed by atoms with Crippen molar-refractivity contribution in [3.63, 3.8) is 0 Å². The van der Waals surface area contributed by atoms with E-state index in [2.05, 4.69) is 27.5 Å². The van der Waals surface area contributed by atoms with E-state index in [-0.39, 0.29) is 5.91 Å². The van der Waals surface area contributed by atoms with Crippen LogP contribution < -0.4 is 10.1 Å². The molecule has 2 aromatic heterocycles. The second-order valence-corrected chi connectivity index (χ2v) is 6.41. The fourth-order valence-corrected chi connectivity index (χ4v) is 3.07. The molecule has 3 aromatic rings. The van der Waals surface area contributed by atoms with Gasteiger partial charge in [0.15, 0.2) is 5.82 Å². The highest BCUT2D eigenvalue weighted by Gasteiger charge is 2.20. The molecular weight excluding hydrogens is 358 g/mol. The number of ether oxygens (including phenoxy) is 2. The number of carbonyl (C=O) groups excluding carboxylic acids is 1. The number of aromatic amines is 1. The third-order valence-corrected chi connectivity index (χ3v) is 4.52. The van der Waals surface area contributed by atoms with Crippen LogP contribution >= 0.6 is 0 Å². The highest BCUT2D eigenvalue weighted by Crippen LogP contribution is 2.32. The molecule has 0 aliphatic heterocycles. The van der Waals surface area contributed by atoms with Crippen LogP contribution in [0.5, 0.6) is 5.75 Å².